The molecule has 0 aliphatic rings. The highest BCUT2D eigenvalue weighted by Crippen LogP contribution is 2.16. The topological polar surface area (TPSA) is 355 Å². The van der Waals surface area contributed by atoms with Crippen LogP contribution in [0, 0.1) is 5.92 Å². The van der Waals surface area contributed by atoms with Crippen LogP contribution in [-0.2, 0) is 42.9 Å². The summed E-state index contributed by atoms with van der Waals surface area (Å²) in [5, 5.41) is 12.3. The molecule has 57 heavy (non-hydrogen) atoms. The van der Waals surface area contributed by atoms with Crippen LogP contribution < -0.4 is 49.5 Å². The number of ketones is 1. The summed E-state index contributed by atoms with van der Waals surface area (Å²) in [6.07, 6.45) is 1.32. The van der Waals surface area contributed by atoms with E-state index in [1.54, 1.807) is 0 Å². The maximum Gasteiger partial charge on any atom is 0.407 e. The van der Waals surface area contributed by atoms with Crippen LogP contribution in [0.5, 0.6) is 0 Å². The third-order valence-corrected chi connectivity index (χ3v) is 7.36. The minimum absolute atomic E-state index is 0.0106. The number of guanidine groups is 2. The molecule has 0 aromatic heterocycles. The number of alkyl carbamates (subject to hydrolysis) is 1. The molecule has 23 heteroatoms. The van der Waals surface area contributed by atoms with Crippen LogP contribution in [0.25, 0.3) is 0 Å². The number of esters is 3. The fourth-order valence-corrected chi connectivity index (χ4v) is 4.57. The zero-order valence-electron chi connectivity index (χ0n) is 32.8. The zero-order chi connectivity index (χ0) is 42.8. The van der Waals surface area contributed by atoms with Gasteiger partial charge < -0.3 is 73.2 Å². The van der Waals surface area contributed by atoms with Gasteiger partial charge in [-0.25, -0.2) is 19.2 Å². The van der Waals surface area contributed by atoms with E-state index in [1.165, 1.54) is 20.2 Å². The molecule has 324 valence electrons. The fraction of sp³-hybridized carbons (Fsp3) is 0.676. The van der Waals surface area contributed by atoms with E-state index < -0.39 is 48.1 Å². The average molecular weight is 816 g/mol. The van der Waals surface area contributed by atoms with Gasteiger partial charge in [-0.05, 0) is 38.5 Å². The second-order valence-corrected chi connectivity index (χ2v) is 12.1. The summed E-state index contributed by atoms with van der Waals surface area (Å²) in [4.78, 5) is 93.7. The molecule has 0 rings (SSSR count). The Labute approximate surface area is 332 Å². The Hall–Kier alpha value is -5.87. The summed E-state index contributed by atoms with van der Waals surface area (Å²) >= 11 is 0. The zero-order valence-corrected chi connectivity index (χ0v) is 32.8. The molecule has 0 fully saturated rings. The second kappa shape index (κ2) is 32.4. The summed E-state index contributed by atoms with van der Waals surface area (Å²) < 4.78 is 26.4. The molecule has 0 radical (unpaired) electrons. The summed E-state index contributed by atoms with van der Waals surface area (Å²) in [6.45, 7) is 3.49. The van der Waals surface area contributed by atoms with Crippen LogP contribution in [0.3, 0.4) is 0 Å². The number of nitrogens with two attached hydrogens (primary N) is 4. The van der Waals surface area contributed by atoms with Gasteiger partial charge in [0.2, 0.25) is 0 Å². The number of hydrogen-bond donors (Lipinski definition) is 9. The van der Waals surface area contributed by atoms with Crippen molar-refractivity contribution in [2.45, 2.75) is 69.9 Å². The summed E-state index contributed by atoms with van der Waals surface area (Å²) in [7, 11) is 2.85. The first-order valence-electron chi connectivity index (χ1n) is 18.4. The summed E-state index contributed by atoms with van der Waals surface area (Å²) in [6, 6.07) is -2.00. The lowest BCUT2D eigenvalue weighted by Crippen LogP contribution is -2.46. The number of nitrogens with one attached hydrogen (secondary N) is 5. The molecular formula is C34H61N11O12. The van der Waals surface area contributed by atoms with Crippen molar-refractivity contribution in [1.29, 1.82) is 0 Å². The van der Waals surface area contributed by atoms with E-state index in [4.69, 9.17) is 46.6 Å². The van der Waals surface area contributed by atoms with Gasteiger partial charge in [0, 0.05) is 59.5 Å². The third kappa shape index (κ3) is 29.1. The molecular weight excluding hydrogens is 754 g/mol. The van der Waals surface area contributed by atoms with Crippen LogP contribution >= 0.6 is 0 Å². The molecule has 0 aromatic rings. The fourth-order valence-electron chi connectivity index (χ4n) is 4.57. The van der Waals surface area contributed by atoms with E-state index >= 15 is 0 Å². The number of hydrogen-bond acceptors (Lipinski definition) is 14. The smallest absolute Gasteiger partial charge is 0.407 e. The molecule has 23 nitrogen and oxygen atoms in total. The van der Waals surface area contributed by atoms with Crippen LogP contribution in [0.15, 0.2) is 22.6 Å². The van der Waals surface area contributed by atoms with Crippen LogP contribution in [0.2, 0.25) is 0 Å². The number of urea groups is 2. The quantitative estimate of drug-likeness (QED) is 0.00948. The minimum Gasteiger partial charge on any atom is -0.462 e. The van der Waals surface area contributed by atoms with Crippen LogP contribution in [0.1, 0.15) is 57.8 Å². The Kier molecular flexibility index (Phi) is 29.0. The van der Waals surface area contributed by atoms with Gasteiger partial charge in [0.05, 0.1) is 19.1 Å². The molecule has 3 unspecified atom stereocenters. The molecule has 0 aliphatic carbocycles. The van der Waals surface area contributed by atoms with Gasteiger partial charge in [-0.1, -0.05) is 6.08 Å². The van der Waals surface area contributed by atoms with Gasteiger partial charge in [0.25, 0.3) is 0 Å². The predicted octanol–water partition coefficient (Wildman–Crippen LogP) is -1.62. The lowest BCUT2D eigenvalue weighted by atomic mass is 9.95. The highest BCUT2D eigenvalue weighted by Gasteiger charge is 2.25. The van der Waals surface area contributed by atoms with E-state index in [0.717, 1.165) is 0 Å². The molecule has 0 bridgehead atoms. The minimum atomic E-state index is -1.02. The van der Waals surface area contributed by atoms with Crippen molar-refractivity contribution < 1.29 is 57.2 Å². The number of carbonyl (C=O) groups is 7. The van der Waals surface area contributed by atoms with Crippen molar-refractivity contribution in [3.05, 3.63) is 12.7 Å². The molecule has 0 aromatic carbocycles. The van der Waals surface area contributed by atoms with Crippen molar-refractivity contribution >= 4 is 53.8 Å². The largest absolute Gasteiger partial charge is 0.462 e. The average Bonchev–Trinajstić information content (AvgIpc) is 3.17. The van der Waals surface area contributed by atoms with E-state index in [9.17, 15) is 33.6 Å². The SMILES string of the molecule is C=CCOCC(COC(=O)NCCCC(=O)CC(CCCN=C(N)N)C(=O)OCCOC(=O)C(CCCN=C(N)N)NC(=O)NC)OC(=O)CCCNC(=O)NC. The number of nitrogens with zero attached hydrogens (tertiary/aromatic N) is 2. The summed E-state index contributed by atoms with van der Waals surface area (Å²) in [5.74, 6) is -3.40. The Morgan fingerprint density at radius 3 is 1.93 bits per heavy atom. The van der Waals surface area contributed by atoms with E-state index in [2.05, 4.69) is 43.1 Å². The Morgan fingerprint density at radius 2 is 1.32 bits per heavy atom. The first-order valence-corrected chi connectivity index (χ1v) is 18.4. The Bertz CT molecular complexity index is 1320. The van der Waals surface area contributed by atoms with Crippen LogP contribution in [-0.4, -0.2) is 139 Å². The highest BCUT2D eigenvalue weighted by molar-refractivity contribution is 5.85. The maximum atomic E-state index is 13.0. The molecule has 13 N–H and O–H groups in total. The number of ether oxygens (including phenoxy) is 5. The molecule has 0 spiro atoms. The van der Waals surface area contributed by atoms with Crippen molar-refractivity contribution in [2.75, 3.05) is 73.3 Å². The van der Waals surface area contributed by atoms with E-state index in [1.807, 2.05) is 0 Å². The van der Waals surface area contributed by atoms with Gasteiger partial charge in [0.1, 0.15) is 31.6 Å². The molecule has 0 heterocycles. The summed E-state index contributed by atoms with van der Waals surface area (Å²) in [5.41, 5.74) is 21.4. The number of carbonyl (C=O) groups excluding carboxylic acids is 7. The molecule has 5 amide bonds. The van der Waals surface area contributed by atoms with Crippen LogP contribution in [0.4, 0.5) is 14.4 Å². The maximum absolute atomic E-state index is 13.0. The molecule has 0 saturated heterocycles. The van der Waals surface area contributed by atoms with Gasteiger partial charge in [-0.3, -0.25) is 24.4 Å². The Morgan fingerprint density at radius 1 is 0.719 bits per heavy atom. The van der Waals surface area contributed by atoms with Crippen molar-refractivity contribution in [2.24, 2.45) is 38.8 Å². The third-order valence-electron chi connectivity index (χ3n) is 7.36. The van der Waals surface area contributed by atoms with Gasteiger partial charge >= 0.3 is 36.1 Å². The lowest BCUT2D eigenvalue weighted by molar-refractivity contribution is -0.157. The standard InChI is InChI=1S/C34H61N11O12/c1-4-17-53-21-25(57-27(47)12-8-15-43-32(50)39-2)22-56-34(52)44-16-6-10-24(46)20-23(9-5-13-41-30(35)36)28(48)54-18-19-55-29(49)26(45-33(51)40-3)11-7-14-42-31(37)38/h4,23,25-26H,1,5-22H2,2-3H3,(H,44,52)(H4,35,36,41)(H4,37,38,42)(H2,39,43,50)(H2,40,45,51). The van der Waals surface area contributed by atoms with Gasteiger partial charge in [-0.2, -0.15) is 0 Å². The predicted molar refractivity (Wildman–Crippen MR) is 207 cm³/mol. The monoisotopic (exact) mass is 815 g/mol. The highest BCUT2D eigenvalue weighted by atomic mass is 16.6. The molecule has 3 atom stereocenters. The van der Waals surface area contributed by atoms with Gasteiger partial charge in [-0.15, -0.1) is 6.58 Å². The van der Waals surface area contributed by atoms with Crippen molar-refractivity contribution in [1.82, 2.24) is 26.6 Å². The molecule has 0 aliphatic heterocycles. The number of amides is 5. The number of aliphatic imine (C=N–C) groups is 2. The van der Waals surface area contributed by atoms with Crippen molar-refractivity contribution in [3.63, 3.8) is 0 Å². The Balaban J connectivity index is 4.93. The molecule has 0 saturated carbocycles. The van der Waals surface area contributed by atoms with Crippen molar-refractivity contribution in [3.8, 4) is 0 Å². The van der Waals surface area contributed by atoms with E-state index in [-0.39, 0.29) is 121 Å². The number of rotatable bonds is 31. The normalized spacial score (nSPS) is 11.9. The lowest BCUT2D eigenvalue weighted by Gasteiger charge is -2.18. The number of Topliss-reactive ketones (excluding diaryl/α,β-unsaturated/α-hetero) is 1. The van der Waals surface area contributed by atoms with Gasteiger partial charge in [0.15, 0.2) is 18.0 Å². The first-order chi connectivity index (χ1) is 27.2. The second-order valence-electron chi connectivity index (χ2n) is 12.1. The van der Waals surface area contributed by atoms with E-state index in [0.29, 0.717) is 19.3 Å². The first kappa shape index (κ1) is 51.1.